The second kappa shape index (κ2) is 14.0. The molecule has 63 heavy (non-hydrogen) atoms. The molecule has 3 heterocycles. The first-order valence-electron chi connectivity index (χ1n) is 21.4. The molecule has 0 radical (unpaired) electrons. The van der Waals surface area contributed by atoms with E-state index in [2.05, 4.69) is 187 Å². The molecule has 0 unspecified atom stereocenters. The monoisotopic (exact) mass is 820 g/mol. The zero-order chi connectivity index (χ0) is 41.5. The first-order valence-corrected chi connectivity index (χ1v) is 22.2. The quantitative estimate of drug-likeness (QED) is 0.168. The van der Waals surface area contributed by atoms with Gasteiger partial charge in [0, 0.05) is 48.6 Å². The molecule has 13 rings (SSSR count). The highest BCUT2D eigenvalue weighted by Crippen LogP contribution is 2.56. The normalized spacial score (nSPS) is 12.9. The van der Waals surface area contributed by atoms with Crippen molar-refractivity contribution in [3.8, 4) is 51.0 Å². The predicted molar refractivity (Wildman–Crippen MR) is 261 cm³/mol. The highest BCUT2D eigenvalue weighted by molar-refractivity contribution is 7.26. The van der Waals surface area contributed by atoms with Crippen molar-refractivity contribution in [2.45, 2.75) is 5.41 Å². The lowest BCUT2D eigenvalue weighted by atomic mass is 9.67. The Labute approximate surface area is 368 Å². The molecule has 0 fully saturated rings. The minimum absolute atomic E-state index is 0.536. The molecule has 9 aromatic carbocycles. The van der Waals surface area contributed by atoms with Crippen LogP contribution in [0.4, 0.5) is 0 Å². The Morgan fingerprint density at radius 3 is 1.60 bits per heavy atom. The van der Waals surface area contributed by atoms with Crippen molar-refractivity contribution in [3.05, 3.63) is 241 Å². The first-order chi connectivity index (χ1) is 31.2. The van der Waals surface area contributed by atoms with E-state index in [9.17, 15) is 0 Å². The maximum atomic E-state index is 5.15. The van der Waals surface area contributed by atoms with Gasteiger partial charge in [0.1, 0.15) is 0 Å². The molecule has 0 aliphatic heterocycles. The number of thiophene rings is 1. The van der Waals surface area contributed by atoms with E-state index < -0.39 is 5.41 Å². The molecule has 0 saturated heterocycles. The maximum absolute atomic E-state index is 5.15. The fourth-order valence-electron chi connectivity index (χ4n) is 10.2. The van der Waals surface area contributed by atoms with Crippen LogP contribution in [0.1, 0.15) is 22.3 Å². The molecule has 5 heteroatoms. The van der Waals surface area contributed by atoms with Crippen LogP contribution in [0, 0.1) is 0 Å². The number of hydrogen-bond acceptors (Lipinski definition) is 4. The minimum atomic E-state index is -0.536. The van der Waals surface area contributed by atoms with Crippen molar-refractivity contribution in [2.24, 2.45) is 0 Å². The second-order valence-corrected chi connectivity index (χ2v) is 17.4. The minimum Gasteiger partial charge on any atom is -0.308 e. The standard InChI is InChI=1S/C58H36N4S/c1-4-17-37(18-5-1)55-59-56(38-19-6-2-7-20-38)61-57(60-55)39-21-16-24-42(35-39)62-51-36-41(31-32-45(51)47-33-34-48-46-27-12-15-30-52(46)63-54(48)53(47)62)58(40-22-8-3-9-23-40)49-28-13-10-25-43(49)44-26-11-14-29-50(44)58/h1-36H. The predicted octanol–water partition coefficient (Wildman–Crippen LogP) is 14.7. The summed E-state index contributed by atoms with van der Waals surface area (Å²) in [6.45, 7) is 0. The Morgan fingerprint density at radius 1 is 0.381 bits per heavy atom. The molecule has 1 aliphatic rings. The van der Waals surface area contributed by atoms with Crippen molar-refractivity contribution >= 4 is 53.3 Å². The molecule has 294 valence electrons. The van der Waals surface area contributed by atoms with E-state index in [1.165, 1.54) is 69.8 Å². The van der Waals surface area contributed by atoms with Crippen LogP contribution < -0.4 is 0 Å². The lowest BCUT2D eigenvalue weighted by Crippen LogP contribution is -2.28. The van der Waals surface area contributed by atoms with E-state index in [1.54, 1.807) is 0 Å². The van der Waals surface area contributed by atoms with Gasteiger partial charge in [-0.25, -0.2) is 15.0 Å². The van der Waals surface area contributed by atoms with E-state index in [-0.39, 0.29) is 0 Å². The third kappa shape index (κ3) is 5.37. The lowest BCUT2D eigenvalue weighted by molar-refractivity contribution is 0.769. The lowest BCUT2D eigenvalue weighted by Gasteiger charge is -2.34. The van der Waals surface area contributed by atoms with Gasteiger partial charge in [0.15, 0.2) is 17.5 Å². The van der Waals surface area contributed by atoms with E-state index in [4.69, 9.17) is 15.0 Å². The Kier molecular flexibility index (Phi) is 7.96. The van der Waals surface area contributed by atoms with Gasteiger partial charge in [0.05, 0.1) is 21.1 Å². The van der Waals surface area contributed by atoms with Crippen molar-refractivity contribution in [3.63, 3.8) is 0 Å². The zero-order valence-corrected chi connectivity index (χ0v) is 34.8. The Bertz CT molecular complexity index is 3640. The van der Waals surface area contributed by atoms with Gasteiger partial charge in [-0.15, -0.1) is 11.3 Å². The molecule has 4 nitrogen and oxygen atoms in total. The molecule has 0 amide bonds. The van der Waals surface area contributed by atoms with Gasteiger partial charge in [-0.1, -0.05) is 194 Å². The average molecular weight is 821 g/mol. The number of rotatable bonds is 6. The summed E-state index contributed by atoms with van der Waals surface area (Å²) < 4.78 is 5.04. The molecule has 0 N–H and O–H groups in total. The third-order valence-electron chi connectivity index (χ3n) is 12.9. The number of hydrogen-bond donors (Lipinski definition) is 0. The molecular weight excluding hydrogens is 785 g/mol. The van der Waals surface area contributed by atoms with Gasteiger partial charge in [-0.3, -0.25) is 0 Å². The second-order valence-electron chi connectivity index (χ2n) is 16.3. The molecule has 0 atom stereocenters. The topological polar surface area (TPSA) is 43.6 Å². The Hall–Kier alpha value is -7.99. The molecule has 0 bridgehead atoms. The summed E-state index contributed by atoms with van der Waals surface area (Å²) in [5.41, 5.74) is 13.3. The van der Waals surface area contributed by atoms with Gasteiger partial charge in [0.25, 0.3) is 0 Å². The van der Waals surface area contributed by atoms with Gasteiger partial charge in [0.2, 0.25) is 0 Å². The molecular formula is C58H36N4S. The molecule has 0 saturated carbocycles. The first kappa shape index (κ1) is 35.7. The van der Waals surface area contributed by atoms with Crippen molar-refractivity contribution < 1.29 is 0 Å². The summed E-state index contributed by atoms with van der Waals surface area (Å²) in [4.78, 5) is 15.3. The van der Waals surface area contributed by atoms with Crippen LogP contribution in [0.25, 0.3) is 93.0 Å². The summed E-state index contributed by atoms with van der Waals surface area (Å²) >= 11 is 1.87. The van der Waals surface area contributed by atoms with Crippen LogP contribution in [0.2, 0.25) is 0 Å². The number of nitrogens with zero attached hydrogens (tertiary/aromatic N) is 4. The van der Waals surface area contributed by atoms with Crippen LogP contribution in [0.3, 0.4) is 0 Å². The van der Waals surface area contributed by atoms with Crippen LogP contribution in [0.15, 0.2) is 218 Å². The summed E-state index contributed by atoms with van der Waals surface area (Å²) in [7, 11) is 0. The summed E-state index contributed by atoms with van der Waals surface area (Å²) in [5.74, 6) is 1.91. The largest absolute Gasteiger partial charge is 0.308 e. The third-order valence-corrected chi connectivity index (χ3v) is 14.1. The summed E-state index contributed by atoms with van der Waals surface area (Å²) in [6.07, 6.45) is 0. The van der Waals surface area contributed by atoms with Crippen molar-refractivity contribution in [2.75, 3.05) is 0 Å². The summed E-state index contributed by atoms with van der Waals surface area (Å²) in [6, 6.07) is 78.7. The molecule has 0 spiro atoms. The smallest absolute Gasteiger partial charge is 0.164 e. The van der Waals surface area contributed by atoms with Gasteiger partial charge in [-0.2, -0.15) is 0 Å². The highest BCUT2D eigenvalue weighted by Gasteiger charge is 2.46. The van der Waals surface area contributed by atoms with E-state index in [0.717, 1.165) is 27.9 Å². The van der Waals surface area contributed by atoms with Crippen molar-refractivity contribution in [1.29, 1.82) is 0 Å². The van der Waals surface area contributed by atoms with Crippen LogP contribution >= 0.6 is 11.3 Å². The molecule has 3 aromatic heterocycles. The fraction of sp³-hybridized carbons (Fsp3) is 0.0172. The average Bonchev–Trinajstić information content (AvgIpc) is 4.01. The number of fused-ring (bicyclic) bond motifs is 10. The SMILES string of the molecule is c1ccc(-c2nc(-c3ccccc3)nc(-c3cccc(-n4c5cc(C6(c7ccccc7)c7ccccc7-c7ccccc76)ccc5c5ccc6c7ccccc7sc6c54)c3)n2)cc1. The number of aromatic nitrogens is 4. The molecule has 1 aliphatic carbocycles. The van der Waals surface area contributed by atoms with E-state index >= 15 is 0 Å². The van der Waals surface area contributed by atoms with E-state index in [1.807, 2.05) is 47.7 Å². The zero-order valence-electron chi connectivity index (χ0n) is 34.0. The van der Waals surface area contributed by atoms with Crippen LogP contribution in [-0.4, -0.2) is 19.5 Å². The van der Waals surface area contributed by atoms with Crippen LogP contribution in [0.5, 0.6) is 0 Å². The fourth-order valence-corrected chi connectivity index (χ4v) is 11.5. The highest BCUT2D eigenvalue weighted by atomic mass is 32.1. The number of benzene rings is 9. The Balaban J connectivity index is 1.11. The van der Waals surface area contributed by atoms with Crippen molar-refractivity contribution in [1.82, 2.24) is 19.5 Å². The van der Waals surface area contributed by atoms with Gasteiger partial charge in [-0.05, 0) is 57.6 Å². The Morgan fingerprint density at radius 2 is 0.921 bits per heavy atom. The maximum Gasteiger partial charge on any atom is 0.164 e. The van der Waals surface area contributed by atoms with Gasteiger partial charge < -0.3 is 4.57 Å². The van der Waals surface area contributed by atoms with E-state index in [0.29, 0.717) is 17.5 Å². The van der Waals surface area contributed by atoms with Crippen LogP contribution in [-0.2, 0) is 5.41 Å². The van der Waals surface area contributed by atoms with Gasteiger partial charge >= 0.3 is 0 Å². The summed E-state index contributed by atoms with van der Waals surface area (Å²) in [5, 5.41) is 4.97. The molecule has 12 aromatic rings.